The van der Waals surface area contributed by atoms with Crippen LogP contribution >= 0.6 is 0 Å². The maximum atomic E-state index is 13.4. The van der Waals surface area contributed by atoms with Crippen molar-refractivity contribution in [3.8, 4) is 5.69 Å². The maximum absolute atomic E-state index is 13.4. The van der Waals surface area contributed by atoms with E-state index in [1.807, 2.05) is 12.1 Å². The average molecular weight is 423 g/mol. The Balaban J connectivity index is 1.21. The minimum Gasteiger partial charge on any atom is -0.367 e. The third kappa shape index (κ3) is 3.96. The molecule has 0 bridgehead atoms. The van der Waals surface area contributed by atoms with E-state index in [4.69, 9.17) is 0 Å². The van der Waals surface area contributed by atoms with Gasteiger partial charge >= 0.3 is 0 Å². The molecule has 4 aromatic rings. The number of fused-ring (bicyclic) bond motifs is 1. The van der Waals surface area contributed by atoms with E-state index in [0.717, 1.165) is 37.3 Å². The Bertz CT molecular complexity index is 1250. The molecule has 2 atom stereocenters. The van der Waals surface area contributed by atoms with E-state index in [-0.39, 0.29) is 23.3 Å². The van der Waals surface area contributed by atoms with Gasteiger partial charge in [-0.1, -0.05) is 6.07 Å². The fourth-order valence-electron chi connectivity index (χ4n) is 3.83. The summed E-state index contributed by atoms with van der Waals surface area (Å²) in [5.74, 6) is -0.849. The van der Waals surface area contributed by atoms with Crippen LogP contribution in [-0.4, -0.2) is 36.2 Å². The molecule has 5 rings (SSSR count). The first kappa shape index (κ1) is 19.2. The fraction of sp³-hybridized carbons (Fsp3) is 0.238. The molecule has 1 saturated carbocycles. The second-order valence-corrected chi connectivity index (χ2v) is 7.51. The van der Waals surface area contributed by atoms with Crippen molar-refractivity contribution in [2.75, 3.05) is 10.6 Å². The number of rotatable bonds is 5. The molecule has 1 fully saturated rings. The molecule has 1 aliphatic rings. The van der Waals surface area contributed by atoms with Crippen LogP contribution in [0.15, 0.2) is 59.8 Å². The van der Waals surface area contributed by atoms with Crippen molar-refractivity contribution in [1.29, 1.82) is 0 Å². The molecule has 0 saturated heterocycles. The SMILES string of the molecule is O=c1ccccn1-c1ccc(N[C@H]2CC[C@H](Nc3nc4cc(F)c(F)cn4n3)C2)nc1. The summed E-state index contributed by atoms with van der Waals surface area (Å²) in [6.45, 7) is 0. The summed E-state index contributed by atoms with van der Waals surface area (Å²) >= 11 is 0. The zero-order chi connectivity index (χ0) is 21.4. The first-order valence-electron chi connectivity index (χ1n) is 9.94. The highest BCUT2D eigenvalue weighted by molar-refractivity contribution is 5.45. The monoisotopic (exact) mass is 423 g/mol. The third-order valence-corrected chi connectivity index (χ3v) is 5.34. The lowest BCUT2D eigenvalue weighted by molar-refractivity contribution is 0.501. The van der Waals surface area contributed by atoms with Crippen LogP contribution in [0.3, 0.4) is 0 Å². The molecule has 0 aliphatic heterocycles. The van der Waals surface area contributed by atoms with Gasteiger partial charge in [-0.15, -0.1) is 5.10 Å². The fourth-order valence-corrected chi connectivity index (χ4v) is 3.83. The zero-order valence-electron chi connectivity index (χ0n) is 16.4. The van der Waals surface area contributed by atoms with Crippen molar-refractivity contribution in [2.45, 2.75) is 31.3 Å². The smallest absolute Gasteiger partial charge is 0.255 e. The number of aromatic nitrogens is 5. The maximum Gasteiger partial charge on any atom is 0.255 e. The Labute approximate surface area is 175 Å². The summed E-state index contributed by atoms with van der Waals surface area (Å²) in [5.41, 5.74) is 0.838. The van der Waals surface area contributed by atoms with E-state index in [1.54, 1.807) is 24.5 Å². The van der Waals surface area contributed by atoms with Gasteiger partial charge in [0.1, 0.15) is 5.82 Å². The summed E-state index contributed by atoms with van der Waals surface area (Å²) in [6, 6.07) is 10.1. The molecule has 31 heavy (non-hydrogen) atoms. The van der Waals surface area contributed by atoms with Gasteiger partial charge in [-0.2, -0.15) is 4.98 Å². The van der Waals surface area contributed by atoms with E-state index in [9.17, 15) is 13.6 Å². The molecule has 0 amide bonds. The molecule has 1 aliphatic carbocycles. The Morgan fingerprint density at radius 2 is 1.87 bits per heavy atom. The van der Waals surface area contributed by atoms with Gasteiger partial charge in [0.2, 0.25) is 5.95 Å². The first-order chi connectivity index (χ1) is 15.0. The minimum atomic E-state index is -0.968. The Hall–Kier alpha value is -3.82. The van der Waals surface area contributed by atoms with Crippen LogP contribution in [0.2, 0.25) is 0 Å². The lowest BCUT2D eigenvalue weighted by Crippen LogP contribution is -2.21. The van der Waals surface area contributed by atoms with E-state index in [2.05, 4.69) is 25.7 Å². The van der Waals surface area contributed by atoms with E-state index in [1.165, 1.54) is 15.1 Å². The Morgan fingerprint density at radius 3 is 2.65 bits per heavy atom. The van der Waals surface area contributed by atoms with Crippen LogP contribution in [0.5, 0.6) is 0 Å². The molecular weight excluding hydrogens is 404 g/mol. The summed E-state index contributed by atoms with van der Waals surface area (Å²) in [5, 5.41) is 10.8. The standard InChI is InChI=1S/C21H19F2N7O/c22-16-10-19-27-21(28-30(19)12-17(16)23)26-14-5-4-13(9-14)25-18-7-6-15(11-24-18)29-8-2-1-3-20(29)31/h1-3,6-8,10-14H,4-5,9H2,(H,24,25)(H,26,28)/t13-,14-/m0/s1. The average Bonchev–Trinajstić information content (AvgIpc) is 3.35. The molecule has 0 spiro atoms. The topological polar surface area (TPSA) is 89.1 Å². The number of nitrogens with zero attached hydrogens (tertiary/aromatic N) is 5. The molecule has 158 valence electrons. The van der Waals surface area contributed by atoms with Gasteiger partial charge in [0, 0.05) is 30.4 Å². The molecular formula is C21H19F2N7O. The predicted molar refractivity (Wildman–Crippen MR) is 111 cm³/mol. The number of nitrogens with one attached hydrogen (secondary N) is 2. The van der Waals surface area contributed by atoms with Crippen LogP contribution in [0, 0.1) is 11.6 Å². The van der Waals surface area contributed by atoms with Crippen LogP contribution in [0.1, 0.15) is 19.3 Å². The van der Waals surface area contributed by atoms with E-state index < -0.39 is 11.6 Å². The molecule has 2 N–H and O–H groups in total. The summed E-state index contributed by atoms with van der Waals surface area (Å²) in [6.07, 6.45) is 6.98. The van der Waals surface area contributed by atoms with Gasteiger partial charge < -0.3 is 10.6 Å². The van der Waals surface area contributed by atoms with Crippen LogP contribution < -0.4 is 16.2 Å². The predicted octanol–water partition coefficient (Wildman–Crippen LogP) is 3.00. The van der Waals surface area contributed by atoms with Gasteiger partial charge in [-0.25, -0.2) is 18.3 Å². The minimum absolute atomic E-state index is 0.110. The molecule has 0 radical (unpaired) electrons. The highest BCUT2D eigenvalue weighted by atomic mass is 19.2. The van der Waals surface area contributed by atoms with Crippen molar-refractivity contribution >= 4 is 17.4 Å². The molecule has 4 aromatic heterocycles. The van der Waals surface area contributed by atoms with Crippen molar-refractivity contribution in [2.24, 2.45) is 0 Å². The number of hydrogen-bond donors (Lipinski definition) is 2. The summed E-state index contributed by atoms with van der Waals surface area (Å²) in [7, 11) is 0. The Kier molecular flexibility index (Phi) is 4.81. The van der Waals surface area contributed by atoms with E-state index in [0.29, 0.717) is 11.6 Å². The molecule has 10 heteroatoms. The highest BCUT2D eigenvalue weighted by Gasteiger charge is 2.26. The van der Waals surface area contributed by atoms with Crippen LogP contribution in [-0.2, 0) is 0 Å². The molecule has 4 heterocycles. The lowest BCUT2D eigenvalue weighted by Gasteiger charge is -2.15. The quantitative estimate of drug-likeness (QED) is 0.513. The van der Waals surface area contributed by atoms with Crippen molar-refractivity contribution < 1.29 is 8.78 Å². The molecule has 8 nitrogen and oxygen atoms in total. The molecule has 0 unspecified atom stereocenters. The van der Waals surface area contributed by atoms with Crippen LogP contribution in [0.25, 0.3) is 11.3 Å². The van der Waals surface area contributed by atoms with Crippen molar-refractivity contribution in [3.05, 3.63) is 77.0 Å². The van der Waals surface area contributed by atoms with Gasteiger partial charge in [0.25, 0.3) is 5.56 Å². The van der Waals surface area contributed by atoms with Gasteiger partial charge in [-0.05, 0) is 37.5 Å². The number of hydrogen-bond acceptors (Lipinski definition) is 6. The van der Waals surface area contributed by atoms with E-state index >= 15 is 0 Å². The second-order valence-electron chi connectivity index (χ2n) is 7.51. The summed E-state index contributed by atoms with van der Waals surface area (Å²) < 4.78 is 29.5. The summed E-state index contributed by atoms with van der Waals surface area (Å²) in [4.78, 5) is 20.6. The lowest BCUT2D eigenvalue weighted by atomic mass is 10.2. The normalized spacial score (nSPS) is 18.4. The molecule has 0 aromatic carbocycles. The number of pyridine rings is 3. The number of anilines is 2. The largest absolute Gasteiger partial charge is 0.367 e. The van der Waals surface area contributed by atoms with Gasteiger partial charge in [-0.3, -0.25) is 9.36 Å². The van der Waals surface area contributed by atoms with Crippen LogP contribution in [0.4, 0.5) is 20.5 Å². The van der Waals surface area contributed by atoms with Gasteiger partial charge in [0.15, 0.2) is 17.3 Å². The third-order valence-electron chi connectivity index (χ3n) is 5.34. The number of halogens is 2. The Morgan fingerprint density at radius 1 is 1.03 bits per heavy atom. The van der Waals surface area contributed by atoms with Gasteiger partial charge in [0.05, 0.1) is 18.1 Å². The van der Waals surface area contributed by atoms with Crippen molar-refractivity contribution in [3.63, 3.8) is 0 Å². The zero-order valence-corrected chi connectivity index (χ0v) is 16.4. The second kappa shape index (κ2) is 7.78. The highest BCUT2D eigenvalue weighted by Crippen LogP contribution is 2.25. The first-order valence-corrected chi connectivity index (χ1v) is 9.94. The van der Waals surface area contributed by atoms with Crippen molar-refractivity contribution in [1.82, 2.24) is 24.1 Å².